The molecule has 11 nitrogen and oxygen atoms in total. The largest absolute Gasteiger partial charge is 0.391 e. The number of nitrogens with one attached hydrogen (secondary N) is 2. The minimum Gasteiger partial charge on any atom is -0.391 e. The van der Waals surface area contributed by atoms with Crippen LogP contribution in [0.3, 0.4) is 0 Å². The molecule has 1 aromatic rings. The summed E-state index contributed by atoms with van der Waals surface area (Å²) in [5, 5.41) is 16.5. The zero-order chi connectivity index (χ0) is 39.4. The summed E-state index contributed by atoms with van der Waals surface area (Å²) in [6, 6.07) is 2.09. The molecule has 1 heterocycles. The number of β-amino-alcohol motifs (C(OH)–C–C–N with tert-alkyl or cyclic N) is 1. The molecular formula is C39H64F2N4O7. The molecule has 0 aliphatic carbocycles. The van der Waals surface area contributed by atoms with Crippen LogP contribution in [0.5, 0.6) is 0 Å². The molecule has 1 aromatic carbocycles. The zero-order valence-corrected chi connectivity index (χ0v) is 33.1. The summed E-state index contributed by atoms with van der Waals surface area (Å²) in [4.78, 5) is 57.9. The number of ketones is 1. The van der Waals surface area contributed by atoms with E-state index in [1.165, 1.54) is 25.2 Å². The maximum Gasteiger partial charge on any atom is 0.226 e. The van der Waals surface area contributed by atoms with E-state index in [1.54, 1.807) is 25.9 Å². The van der Waals surface area contributed by atoms with Crippen molar-refractivity contribution >= 4 is 23.5 Å². The van der Waals surface area contributed by atoms with E-state index in [0.29, 0.717) is 6.42 Å². The Morgan fingerprint density at radius 1 is 1.00 bits per heavy atom. The number of hydrogen-bond donors (Lipinski definition) is 3. The average molecular weight is 739 g/mol. The van der Waals surface area contributed by atoms with Crippen LogP contribution in [0.2, 0.25) is 0 Å². The van der Waals surface area contributed by atoms with Gasteiger partial charge < -0.3 is 35.0 Å². The monoisotopic (exact) mass is 738 g/mol. The van der Waals surface area contributed by atoms with Gasteiger partial charge in [0.05, 0.1) is 48.8 Å². The van der Waals surface area contributed by atoms with Crippen molar-refractivity contribution < 1.29 is 42.5 Å². The minimum atomic E-state index is -0.849. The Kier molecular flexibility index (Phi) is 18.3. The van der Waals surface area contributed by atoms with Crippen molar-refractivity contribution in [3.8, 4) is 0 Å². The van der Waals surface area contributed by atoms with Gasteiger partial charge in [-0.3, -0.25) is 19.2 Å². The maximum atomic E-state index is 14.2. The summed E-state index contributed by atoms with van der Waals surface area (Å²) in [5.74, 6) is -3.78. The lowest BCUT2D eigenvalue weighted by Crippen LogP contribution is -2.54. The first kappa shape index (κ1) is 45.2. The second-order valence-electron chi connectivity index (χ2n) is 15.1. The number of aliphatic hydroxyl groups excluding tert-OH is 1. The van der Waals surface area contributed by atoms with Gasteiger partial charge in [-0.1, -0.05) is 61.0 Å². The molecule has 0 radical (unpaired) electrons. The summed E-state index contributed by atoms with van der Waals surface area (Å²) in [6.07, 6.45) is -1.53. The van der Waals surface area contributed by atoms with Gasteiger partial charge in [-0.05, 0) is 49.8 Å². The third kappa shape index (κ3) is 11.5. The fourth-order valence-corrected chi connectivity index (χ4v) is 7.63. The van der Waals surface area contributed by atoms with Gasteiger partial charge in [0, 0.05) is 52.3 Å². The summed E-state index contributed by atoms with van der Waals surface area (Å²) in [5.41, 5.74) is -0.119. The van der Waals surface area contributed by atoms with Crippen LogP contribution in [0, 0.1) is 41.2 Å². The quantitative estimate of drug-likeness (QED) is 0.172. The molecule has 0 unspecified atom stereocenters. The third-order valence-electron chi connectivity index (χ3n) is 10.9. The standard InChI is InChI=1S/C39H64F2N4O7/c1-12-24(6)36(44(9)39(50)28(22(2)3)19-32(47)35(42-8)23(4)5)33(51-10)20-34(48)45-21-26(46)18-31(45)37(52-11)25(7)38(49)43-17-16-27-29(40)14-13-15-30(27)41/h13-15,22-26,28,31,33,35-37,42,46H,12,16-21H2,1-11H3,(H,43,49)/t24-,25+,26-,28-,31-,33+,35-,36-,37+/m0/s1. The van der Waals surface area contributed by atoms with Crippen molar-refractivity contribution in [1.82, 2.24) is 20.4 Å². The molecule has 0 bridgehead atoms. The van der Waals surface area contributed by atoms with Crippen LogP contribution in [0.15, 0.2) is 18.2 Å². The first-order valence-corrected chi connectivity index (χ1v) is 18.7. The number of Topliss-reactive ketones (excluding diaryl/α,β-unsaturated/α-hetero) is 1. The van der Waals surface area contributed by atoms with E-state index < -0.39 is 59.8 Å². The van der Waals surface area contributed by atoms with Gasteiger partial charge in [-0.15, -0.1) is 0 Å². The lowest BCUT2D eigenvalue weighted by atomic mass is 9.84. The van der Waals surface area contributed by atoms with Crippen LogP contribution in [0.1, 0.15) is 79.7 Å². The highest BCUT2D eigenvalue weighted by Crippen LogP contribution is 2.31. The molecule has 52 heavy (non-hydrogen) atoms. The SMILES string of the molecule is CC[C@H](C)[C@@H]([C@@H](CC(=O)N1C[C@@H](O)C[C@H]1[C@H](OC)[C@@H](C)C(=O)NCCc1c(F)cccc1F)OC)N(C)C(=O)[C@@H](CC(=O)[C@@H](NC)C(C)C)C(C)C. The van der Waals surface area contributed by atoms with E-state index >= 15 is 0 Å². The van der Waals surface area contributed by atoms with Gasteiger partial charge in [0.2, 0.25) is 17.7 Å². The summed E-state index contributed by atoms with van der Waals surface area (Å²) >= 11 is 0. The van der Waals surface area contributed by atoms with Crippen LogP contribution in [-0.2, 0) is 35.1 Å². The Labute approximate surface area is 309 Å². The van der Waals surface area contributed by atoms with Gasteiger partial charge in [-0.2, -0.15) is 0 Å². The summed E-state index contributed by atoms with van der Waals surface area (Å²) in [6.45, 7) is 13.5. The molecule has 1 saturated heterocycles. The second kappa shape index (κ2) is 21.0. The summed E-state index contributed by atoms with van der Waals surface area (Å²) in [7, 11) is 6.39. The van der Waals surface area contributed by atoms with E-state index in [9.17, 15) is 33.1 Å². The van der Waals surface area contributed by atoms with Crippen LogP contribution in [0.25, 0.3) is 0 Å². The molecule has 3 N–H and O–H groups in total. The minimum absolute atomic E-state index is 0.00815. The molecular weight excluding hydrogens is 674 g/mol. The number of methoxy groups -OCH3 is 2. The van der Waals surface area contributed by atoms with Crippen molar-refractivity contribution in [3.05, 3.63) is 35.4 Å². The molecule has 1 aliphatic heterocycles. The van der Waals surface area contributed by atoms with Crippen molar-refractivity contribution in [2.45, 2.75) is 117 Å². The fraction of sp³-hybridized carbons (Fsp3) is 0.744. The van der Waals surface area contributed by atoms with Crippen LogP contribution in [0.4, 0.5) is 8.78 Å². The number of amides is 3. The van der Waals surface area contributed by atoms with Crippen molar-refractivity contribution in [3.63, 3.8) is 0 Å². The molecule has 3 amide bonds. The number of carbonyl (C=O) groups is 4. The average Bonchev–Trinajstić information content (AvgIpc) is 3.48. The Bertz CT molecular complexity index is 1310. The van der Waals surface area contributed by atoms with Gasteiger partial charge in [0.25, 0.3) is 0 Å². The lowest BCUT2D eigenvalue weighted by molar-refractivity contribution is -0.149. The first-order valence-electron chi connectivity index (χ1n) is 18.7. The van der Waals surface area contributed by atoms with Crippen LogP contribution < -0.4 is 10.6 Å². The lowest BCUT2D eigenvalue weighted by Gasteiger charge is -2.40. The molecule has 1 fully saturated rings. The molecule has 2 rings (SSSR count). The number of halogens is 2. The second-order valence-corrected chi connectivity index (χ2v) is 15.1. The zero-order valence-electron chi connectivity index (χ0n) is 33.1. The Balaban J connectivity index is 2.25. The predicted molar refractivity (Wildman–Crippen MR) is 196 cm³/mol. The maximum absolute atomic E-state index is 14.2. The summed E-state index contributed by atoms with van der Waals surface area (Å²) < 4.78 is 39.9. The number of likely N-dealkylation sites (N-methyl/N-ethyl adjacent to an activating group) is 2. The van der Waals surface area contributed by atoms with Crippen molar-refractivity contribution in [2.24, 2.45) is 29.6 Å². The smallest absolute Gasteiger partial charge is 0.226 e. The van der Waals surface area contributed by atoms with Crippen LogP contribution in [-0.4, -0.2) is 116 Å². The van der Waals surface area contributed by atoms with Gasteiger partial charge >= 0.3 is 0 Å². The number of nitrogens with zero attached hydrogens (tertiary/aromatic N) is 2. The Morgan fingerprint density at radius 2 is 1.62 bits per heavy atom. The molecule has 0 aromatic heterocycles. The predicted octanol–water partition coefficient (Wildman–Crippen LogP) is 3.99. The topological polar surface area (TPSA) is 138 Å². The number of rotatable bonds is 21. The third-order valence-corrected chi connectivity index (χ3v) is 10.9. The van der Waals surface area contributed by atoms with Crippen molar-refractivity contribution in [2.75, 3.05) is 41.4 Å². The van der Waals surface area contributed by atoms with E-state index in [4.69, 9.17) is 9.47 Å². The number of benzene rings is 1. The van der Waals surface area contributed by atoms with E-state index in [2.05, 4.69) is 10.6 Å². The van der Waals surface area contributed by atoms with E-state index in [-0.39, 0.29) is 85.7 Å². The fourth-order valence-electron chi connectivity index (χ4n) is 7.63. The van der Waals surface area contributed by atoms with Gasteiger partial charge in [0.1, 0.15) is 11.6 Å². The first-order chi connectivity index (χ1) is 24.4. The number of carbonyl (C=O) groups excluding carboxylic acids is 4. The number of likely N-dealkylation sites (tertiary alicyclic amines) is 1. The highest BCUT2D eigenvalue weighted by molar-refractivity contribution is 5.90. The van der Waals surface area contributed by atoms with Gasteiger partial charge in [0.15, 0.2) is 5.78 Å². The molecule has 13 heteroatoms. The Hall–Kier alpha value is -3.00. The van der Waals surface area contributed by atoms with E-state index in [0.717, 1.165) is 12.1 Å². The molecule has 1 aliphatic rings. The highest BCUT2D eigenvalue weighted by atomic mass is 19.1. The number of aliphatic hydroxyl groups is 1. The molecule has 296 valence electrons. The molecule has 0 saturated carbocycles. The number of ether oxygens (including phenoxy) is 2. The van der Waals surface area contributed by atoms with E-state index in [1.807, 2.05) is 41.5 Å². The number of hydrogen-bond acceptors (Lipinski definition) is 8. The highest BCUT2D eigenvalue weighted by Gasteiger charge is 2.45. The van der Waals surface area contributed by atoms with Crippen LogP contribution >= 0.6 is 0 Å². The van der Waals surface area contributed by atoms with Gasteiger partial charge in [-0.25, -0.2) is 8.78 Å². The molecule has 9 atom stereocenters. The molecule has 0 spiro atoms. The normalized spacial score (nSPS) is 20.3. The van der Waals surface area contributed by atoms with Crippen molar-refractivity contribution in [1.29, 1.82) is 0 Å². The Morgan fingerprint density at radius 3 is 2.12 bits per heavy atom.